The van der Waals surface area contributed by atoms with Gasteiger partial charge in [0.1, 0.15) is 11.8 Å². The number of para-hydroxylation sites is 2. The number of thiazole rings is 1. The number of benzene rings is 2. The Bertz CT molecular complexity index is 906. The Morgan fingerprint density at radius 2 is 1.93 bits per heavy atom. The van der Waals surface area contributed by atoms with Crippen molar-refractivity contribution < 1.29 is 9.53 Å². The molecule has 0 saturated heterocycles. The highest BCUT2D eigenvalue weighted by Gasteiger charge is 2.15. The molecule has 140 valence electrons. The quantitative estimate of drug-likeness (QED) is 0.607. The first kappa shape index (κ1) is 18.9. The van der Waals surface area contributed by atoms with Crippen LogP contribution in [-0.4, -0.2) is 23.5 Å². The van der Waals surface area contributed by atoms with Crippen molar-refractivity contribution in [3.63, 3.8) is 0 Å². The maximum atomic E-state index is 12.5. The first-order chi connectivity index (χ1) is 13.1. The molecular weight excluding hydrogens is 358 g/mol. The summed E-state index contributed by atoms with van der Waals surface area (Å²) in [6, 6.07) is 15.0. The maximum absolute atomic E-state index is 12.5. The van der Waals surface area contributed by atoms with Gasteiger partial charge in [-0.05, 0) is 45.0 Å². The number of aromatic nitrogens is 1. The van der Waals surface area contributed by atoms with Crippen molar-refractivity contribution in [3.05, 3.63) is 58.9 Å². The number of hydrogen-bond donors (Lipinski definition) is 2. The molecule has 0 aliphatic rings. The van der Waals surface area contributed by atoms with Crippen molar-refractivity contribution in [2.75, 3.05) is 17.2 Å². The normalized spacial score (nSPS) is 11.7. The van der Waals surface area contributed by atoms with Gasteiger partial charge < -0.3 is 15.4 Å². The van der Waals surface area contributed by atoms with Gasteiger partial charge in [-0.2, -0.15) is 0 Å². The van der Waals surface area contributed by atoms with E-state index in [1.54, 1.807) is 11.3 Å². The van der Waals surface area contributed by atoms with Gasteiger partial charge in [0.05, 0.1) is 23.0 Å². The van der Waals surface area contributed by atoms with Crippen molar-refractivity contribution in [3.8, 4) is 17.0 Å². The number of carbonyl (C=O) groups is 1. The fourth-order valence-corrected chi connectivity index (χ4v) is 3.26. The van der Waals surface area contributed by atoms with E-state index in [2.05, 4.69) is 15.6 Å². The van der Waals surface area contributed by atoms with Gasteiger partial charge in [-0.25, -0.2) is 4.98 Å². The second kappa shape index (κ2) is 8.68. The lowest BCUT2D eigenvalue weighted by atomic mass is 10.1. The third-order valence-electron chi connectivity index (χ3n) is 4.02. The van der Waals surface area contributed by atoms with Gasteiger partial charge in [0.2, 0.25) is 5.91 Å². The van der Waals surface area contributed by atoms with Crippen LogP contribution < -0.4 is 15.4 Å². The first-order valence-corrected chi connectivity index (χ1v) is 9.76. The molecule has 0 bridgehead atoms. The van der Waals surface area contributed by atoms with Crippen LogP contribution >= 0.6 is 11.3 Å². The average molecular weight is 382 g/mol. The summed E-state index contributed by atoms with van der Waals surface area (Å²) in [5, 5.41) is 9.24. The molecule has 2 N–H and O–H groups in total. The van der Waals surface area contributed by atoms with Crippen LogP contribution in [0.15, 0.2) is 53.9 Å². The summed E-state index contributed by atoms with van der Waals surface area (Å²) in [6.45, 7) is 6.29. The summed E-state index contributed by atoms with van der Waals surface area (Å²) >= 11 is 1.63. The molecule has 1 atom stereocenters. The Morgan fingerprint density at radius 1 is 1.19 bits per heavy atom. The highest BCUT2D eigenvalue weighted by atomic mass is 32.1. The highest BCUT2D eigenvalue weighted by Crippen LogP contribution is 2.25. The lowest BCUT2D eigenvalue weighted by Crippen LogP contribution is -2.32. The van der Waals surface area contributed by atoms with Crippen molar-refractivity contribution in [1.29, 1.82) is 0 Å². The van der Waals surface area contributed by atoms with E-state index in [9.17, 15) is 4.79 Å². The Hall–Kier alpha value is -2.86. The van der Waals surface area contributed by atoms with E-state index in [0.29, 0.717) is 18.0 Å². The summed E-state index contributed by atoms with van der Waals surface area (Å²) in [4.78, 5) is 17.0. The summed E-state index contributed by atoms with van der Waals surface area (Å²) in [7, 11) is 0. The number of carbonyl (C=O) groups excluding carboxylic acids is 1. The Kier molecular flexibility index (Phi) is 6.08. The molecule has 27 heavy (non-hydrogen) atoms. The van der Waals surface area contributed by atoms with Gasteiger partial charge in [-0.3, -0.25) is 4.79 Å². The third kappa shape index (κ3) is 4.86. The molecule has 1 aromatic heterocycles. The first-order valence-electron chi connectivity index (χ1n) is 8.88. The molecule has 6 heteroatoms. The van der Waals surface area contributed by atoms with Crippen LogP contribution in [0.1, 0.15) is 18.9 Å². The number of nitrogens with zero attached hydrogens (tertiary/aromatic N) is 1. The molecular formula is C21H23N3O2S. The van der Waals surface area contributed by atoms with E-state index >= 15 is 0 Å². The lowest BCUT2D eigenvalue weighted by molar-refractivity contribution is -0.116. The topological polar surface area (TPSA) is 63.2 Å². The molecule has 0 radical (unpaired) electrons. The minimum Gasteiger partial charge on any atom is -0.492 e. The summed E-state index contributed by atoms with van der Waals surface area (Å²) in [6.07, 6.45) is 0. The Labute approximate surface area is 163 Å². The molecule has 0 fully saturated rings. The minimum atomic E-state index is -0.396. The molecule has 0 spiro atoms. The number of amides is 1. The van der Waals surface area contributed by atoms with E-state index in [0.717, 1.165) is 22.0 Å². The lowest BCUT2D eigenvalue weighted by Gasteiger charge is -2.17. The number of aryl methyl sites for hydroxylation is 1. The maximum Gasteiger partial charge on any atom is 0.246 e. The molecule has 3 rings (SSSR count). The van der Waals surface area contributed by atoms with Crippen LogP contribution in [0, 0.1) is 6.92 Å². The van der Waals surface area contributed by atoms with Gasteiger partial charge in [-0.15, -0.1) is 11.3 Å². The zero-order valence-electron chi connectivity index (χ0n) is 15.7. The zero-order chi connectivity index (χ0) is 19.2. The van der Waals surface area contributed by atoms with Crippen molar-refractivity contribution >= 4 is 28.6 Å². The second-order valence-corrected chi connectivity index (χ2v) is 7.18. The predicted molar refractivity (Wildman–Crippen MR) is 112 cm³/mol. The SMILES string of the molecule is CCOc1ccccc1NC(=O)[C@H](C)Nc1ccc(-c2csc(C)n2)cc1. The molecule has 2 aromatic carbocycles. The fourth-order valence-electron chi connectivity index (χ4n) is 2.64. The van der Waals surface area contributed by atoms with E-state index < -0.39 is 6.04 Å². The Morgan fingerprint density at radius 3 is 2.59 bits per heavy atom. The van der Waals surface area contributed by atoms with Crippen LogP contribution in [0.3, 0.4) is 0 Å². The molecule has 0 unspecified atom stereocenters. The number of rotatable bonds is 7. The summed E-state index contributed by atoms with van der Waals surface area (Å²) in [5.41, 5.74) is 3.59. The summed E-state index contributed by atoms with van der Waals surface area (Å²) < 4.78 is 5.55. The van der Waals surface area contributed by atoms with E-state index in [4.69, 9.17) is 4.74 Å². The average Bonchev–Trinajstić information content (AvgIpc) is 3.10. The van der Waals surface area contributed by atoms with Crippen LogP contribution in [0.2, 0.25) is 0 Å². The van der Waals surface area contributed by atoms with Gasteiger partial charge in [-0.1, -0.05) is 24.3 Å². The number of nitrogens with one attached hydrogen (secondary N) is 2. The fraction of sp³-hybridized carbons (Fsp3) is 0.238. The minimum absolute atomic E-state index is 0.124. The van der Waals surface area contributed by atoms with E-state index in [-0.39, 0.29) is 5.91 Å². The van der Waals surface area contributed by atoms with Crippen LogP contribution in [0.4, 0.5) is 11.4 Å². The van der Waals surface area contributed by atoms with Crippen LogP contribution in [0.5, 0.6) is 5.75 Å². The van der Waals surface area contributed by atoms with Gasteiger partial charge >= 0.3 is 0 Å². The third-order valence-corrected chi connectivity index (χ3v) is 4.79. The largest absolute Gasteiger partial charge is 0.492 e. The number of ether oxygens (including phenoxy) is 1. The number of anilines is 2. The predicted octanol–water partition coefficient (Wildman–Crippen LogP) is 4.96. The van der Waals surface area contributed by atoms with Crippen molar-refractivity contribution in [1.82, 2.24) is 4.98 Å². The van der Waals surface area contributed by atoms with Crippen molar-refractivity contribution in [2.24, 2.45) is 0 Å². The van der Waals surface area contributed by atoms with Crippen LogP contribution in [0.25, 0.3) is 11.3 Å². The molecule has 1 heterocycles. The summed E-state index contributed by atoms with van der Waals surface area (Å²) in [5.74, 6) is 0.546. The van der Waals surface area contributed by atoms with Gasteiger partial charge in [0, 0.05) is 16.6 Å². The monoisotopic (exact) mass is 381 g/mol. The Balaban J connectivity index is 1.63. The molecule has 1 amide bonds. The zero-order valence-corrected chi connectivity index (χ0v) is 16.5. The smallest absolute Gasteiger partial charge is 0.246 e. The molecule has 3 aromatic rings. The van der Waals surface area contributed by atoms with Crippen LogP contribution in [-0.2, 0) is 4.79 Å². The highest BCUT2D eigenvalue weighted by molar-refractivity contribution is 7.09. The molecule has 5 nitrogen and oxygen atoms in total. The number of hydrogen-bond acceptors (Lipinski definition) is 5. The van der Waals surface area contributed by atoms with Gasteiger partial charge in [0.25, 0.3) is 0 Å². The van der Waals surface area contributed by atoms with E-state index in [1.807, 2.05) is 74.7 Å². The molecule has 0 aliphatic heterocycles. The van der Waals surface area contributed by atoms with E-state index in [1.165, 1.54) is 0 Å². The standard InChI is InChI=1S/C21H23N3O2S/c1-4-26-20-8-6-5-7-18(20)24-21(25)14(2)22-17-11-9-16(10-12-17)19-13-27-15(3)23-19/h5-14,22H,4H2,1-3H3,(H,24,25)/t14-/m0/s1. The molecule has 0 aliphatic carbocycles. The molecule has 0 saturated carbocycles. The van der Waals surface area contributed by atoms with Crippen molar-refractivity contribution in [2.45, 2.75) is 26.8 Å². The second-order valence-electron chi connectivity index (χ2n) is 6.11. The van der Waals surface area contributed by atoms with Gasteiger partial charge in [0.15, 0.2) is 0 Å².